The molecule has 0 unspecified atom stereocenters. The smallest absolute Gasteiger partial charge is 0.307 e. The van der Waals surface area contributed by atoms with Crippen LogP contribution in [-0.2, 0) is 16.1 Å². The van der Waals surface area contributed by atoms with Gasteiger partial charge >= 0.3 is 5.97 Å². The third-order valence-corrected chi connectivity index (χ3v) is 4.63. The second-order valence-corrected chi connectivity index (χ2v) is 6.67. The Bertz CT molecular complexity index is 559. The molecule has 2 N–H and O–H groups in total. The van der Waals surface area contributed by atoms with E-state index >= 15 is 0 Å². The Kier molecular flexibility index (Phi) is 4.91. The molecule has 1 saturated carbocycles. The van der Waals surface area contributed by atoms with E-state index < -0.39 is 11.9 Å². The molecule has 124 valence electrons. The number of piperidine rings is 1. The summed E-state index contributed by atoms with van der Waals surface area (Å²) in [4.78, 5) is 30.1. The van der Waals surface area contributed by atoms with Crippen molar-refractivity contribution >= 4 is 11.9 Å². The van der Waals surface area contributed by atoms with E-state index in [4.69, 9.17) is 0 Å². The van der Waals surface area contributed by atoms with E-state index in [0.717, 1.165) is 12.2 Å². The predicted octanol–water partition coefficient (Wildman–Crippen LogP) is 1.13. The third kappa shape index (κ3) is 4.51. The Balaban J connectivity index is 1.57. The molecule has 6 nitrogen and oxygen atoms in total. The molecule has 23 heavy (non-hydrogen) atoms. The van der Waals surface area contributed by atoms with Crippen LogP contribution in [0.4, 0.5) is 0 Å². The van der Waals surface area contributed by atoms with Gasteiger partial charge in [-0.2, -0.15) is 0 Å². The SMILES string of the molecule is O=C(O)[C@H]1C[C@@H](C(=O)NCc2ccccn2)CN(CC2CC2)C1. The number of carboxylic acids is 1. The van der Waals surface area contributed by atoms with E-state index in [-0.39, 0.29) is 11.8 Å². The minimum Gasteiger partial charge on any atom is -0.481 e. The Morgan fingerprint density at radius 3 is 2.70 bits per heavy atom. The number of carboxylic acid groups (broad SMARTS) is 1. The van der Waals surface area contributed by atoms with Crippen molar-refractivity contribution < 1.29 is 14.7 Å². The largest absolute Gasteiger partial charge is 0.481 e. The number of carbonyl (C=O) groups excluding carboxylic acids is 1. The molecule has 1 amide bonds. The number of aromatic nitrogens is 1. The fourth-order valence-electron chi connectivity index (χ4n) is 3.20. The van der Waals surface area contributed by atoms with E-state index in [1.165, 1.54) is 12.8 Å². The first-order chi connectivity index (χ1) is 11.1. The molecule has 0 radical (unpaired) electrons. The molecule has 0 bridgehead atoms. The zero-order chi connectivity index (χ0) is 16.2. The number of aliphatic carboxylic acids is 1. The lowest BCUT2D eigenvalue weighted by atomic mass is 9.88. The quantitative estimate of drug-likeness (QED) is 0.822. The number of nitrogens with zero attached hydrogens (tertiary/aromatic N) is 2. The fourth-order valence-corrected chi connectivity index (χ4v) is 3.20. The molecule has 2 atom stereocenters. The maximum absolute atomic E-state index is 12.4. The molecule has 1 aromatic rings. The molecule has 6 heteroatoms. The first-order valence-electron chi connectivity index (χ1n) is 8.24. The van der Waals surface area contributed by atoms with Crippen molar-refractivity contribution in [2.24, 2.45) is 17.8 Å². The van der Waals surface area contributed by atoms with Crippen LogP contribution >= 0.6 is 0 Å². The van der Waals surface area contributed by atoms with Crippen LogP contribution in [0.3, 0.4) is 0 Å². The average Bonchev–Trinajstić information content (AvgIpc) is 3.37. The van der Waals surface area contributed by atoms with Gasteiger partial charge in [0.2, 0.25) is 5.91 Å². The summed E-state index contributed by atoms with van der Waals surface area (Å²) >= 11 is 0. The van der Waals surface area contributed by atoms with Crippen molar-refractivity contribution in [1.82, 2.24) is 15.2 Å². The van der Waals surface area contributed by atoms with Gasteiger partial charge in [0, 0.05) is 25.8 Å². The molecule has 1 aliphatic heterocycles. The summed E-state index contributed by atoms with van der Waals surface area (Å²) in [5.74, 6) is -0.879. The highest BCUT2D eigenvalue weighted by Gasteiger charge is 2.37. The van der Waals surface area contributed by atoms with Gasteiger partial charge in [0.1, 0.15) is 0 Å². The molecule has 1 aromatic heterocycles. The highest BCUT2D eigenvalue weighted by atomic mass is 16.4. The summed E-state index contributed by atoms with van der Waals surface area (Å²) in [6.07, 6.45) is 4.57. The summed E-state index contributed by atoms with van der Waals surface area (Å²) in [6, 6.07) is 5.58. The molecule has 1 aliphatic carbocycles. The van der Waals surface area contributed by atoms with Gasteiger partial charge in [-0.15, -0.1) is 0 Å². The van der Waals surface area contributed by atoms with Crippen LogP contribution in [0.1, 0.15) is 25.0 Å². The average molecular weight is 317 g/mol. The number of rotatable bonds is 6. The minimum atomic E-state index is -0.798. The van der Waals surface area contributed by atoms with Crippen molar-refractivity contribution in [1.29, 1.82) is 0 Å². The lowest BCUT2D eigenvalue weighted by molar-refractivity contribution is -0.145. The standard InChI is InChI=1S/C17H23N3O3/c21-16(19-8-15-3-1-2-6-18-15)13-7-14(17(22)23)11-20(10-13)9-12-4-5-12/h1-3,6,12-14H,4-5,7-11H2,(H,19,21)(H,22,23)/t13-,14+/m1/s1. The first kappa shape index (κ1) is 15.9. The van der Waals surface area contributed by atoms with Crippen LogP contribution in [0, 0.1) is 17.8 Å². The maximum Gasteiger partial charge on any atom is 0.307 e. The lowest BCUT2D eigenvalue weighted by Gasteiger charge is -2.35. The normalized spacial score (nSPS) is 25.0. The van der Waals surface area contributed by atoms with Gasteiger partial charge in [-0.25, -0.2) is 0 Å². The molecular weight excluding hydrogens is 294 g/mol. The van der Waals surface area contributed by atoms with Gasteiger partial charge in [0.15, 0.2) is 0 Å². The van der Waals surface area contributed by atoms with Gasteiger partial charge < -0.3 is 15.3 Å². The Morgan fingerprint density at radius 2 is 2.04 bits per heavy atom. The molecular formula is C17H23N3O3. The van der Waals surface area contributed by atoms with E-state index in [1.54, 1.807) is 6.20 Å². The lowest BCUT2D eigenvalue weighted by Crippen LogP contribution is -2.48. The van der Waals surface area contributed by atoms with Crippen LogP contribution < -0.4 is 5.32 Å². The summed E-state index contributed by atoms with van der Waals surface area (Å²) in [6.45, 7) is 2.54. The van der Waals surface area contributed by atoms with E-state index in [9.17, 15) is 14.7 Å². The Hall–Kier alpha value is -1.95. The third-order valence-electron chi connectivity index (χ3n) is 4.63. The molecule has 0 spiro atoms. The number of carbonyl (C=O) groups is 2. The number of pyridine rings is 1. The van der Waals surface area contributed by atoms with Crippen molar-refractivity contribution in [2.75, 3.05) is 19.6 Å². The van der Waals surface area contributed by atoms with Gasteiger partial charge in [0.25, 0.3) is 0 Å². The number of amides is 1. The predicted molar refractivity (Wildman–Crippen MR) is 84.5 cm³/mol. The summed E-state index contributed by atoms with van der Waals surface area (Å²) in [7, 11) is 0. The van der Waals surface area contributed by atoms with Crippen LogP contribution in [0.2, 0.25) is 0 Å². The van der Waals surface area contributed by atoms with Gasteiger partial charge in [-0.1, -0.05) is 6.07 Å². The number of likely N-dealkylation sites (tertiary alicyclic amines) is 1. The van der Waals surface area contributed by atoms with Crippen LogP contribution in [-0.4, -0.2) is 46.5 Å². The van der Waals surface area contributed by atoms with Gasteiger partial charge in [-0.05, 0) is 37.3 Å². The molecule has 0 aromatic carbocycles. The number of hydrogen-bond acceptors (Lipinski definition) is 4. The summed E-state index contributed by atoms with van der Waals surface area (Å²) < 4.78 is 0. The van der Waals surface area contributed by atoms with Crippen LogP contribution in [0.5, 0.6) is 0 Å². The first-order valence-corrected chi connectivity index (χ1v) is 8.24. The monoisotopic (exact) mass is 317 g/mol. The summed E-state index contributed by atoms with van der Waals surface area (Å²) in [5.41, 5.74) is 0.807. The van der Waals surface area contributed by atoms with Crippen LogP contribution in [0.15, 0.2) is 24.4 Å². The number of nitrogens with one attached hydrogen (secondary N) is 1. The number of hydrogen-bond donors (Lipinski definition) is 2. The van der Waals surface area contributed by atoms with E-state index in [2.05, 4.69) is 15.2 Å². The van der Waals surface area contributed by atoms with Crippen molar-refractivity contribution in [2.45, 2.75) is 25.8 Å². The van der Waals surface area contributed by atoms with Crippen LogP contribution in [0.25, 0.3) is 0 Å². The molecule has 2 heterocycles. The second-order valence-electron chi connectivity index (χ2n) is 6.67. The van der Waals surface area contributed by atoms with Crippen molar-refractivity contribution in [3.8, 4) is 0 Å². The second kappa shape index (κ2) is 7.08. The zero-order valence-corrected chi connectivity index (χ0v) is 13.1. The highest BCUT2D eigenvalue weighted by molar-refractivity contribution is 5.80. The van der Waals surface area contributed by atoms with Crippen molar-refractivity contribution in [3.63, 3.8) is 0 Å². The van der Waals surface area contributed by atoms with E-state index in [0.29, 0.717) is 32.0 Å². The maximum atomic E-state index is 12.4. The Morgan fingerprint density at radius 1 is 1.26 bits per heavy atom. The zero-order valence-electron chi connectivity index (χ0n) is 13.1. The van der Waals surface area contributed by atoms with Gasteiger partial charge in [0.05, 0.1) is 24.1 Å². The summed E-state index contributed by atoms with van der Waals surface area (Å²) in [5, 5.41) is 12.2. The van der Waals surface area contributed by atoms with Gasteiger partial charge in [-0.3, -0.25) is 14.6 Å². The molecule has 3 rings (SSSR count). The Labute approximate surface area is 135 Å². The molecule has 2 aliphatic rings. The van der Waals surface area contributed by atoms with E-state index in [1.807, 2.05) is 18.2 Å². The minimum absolute atomic E-state index is 0.0672. The topological polar surface area (TPSA) is 82.5 Å². The molecule has 2 fully saturated rings. The van der Waals surface area contributed by atoms with Crippen molar-refractivity contribution in [3.05, 3.63) is 30.1 Å². The highest BCUT2D eigenvalue weighted by Crippen LogP contribution is 2.32. The molecule has 1 saturated heterocycles. The fraction of sp³-hybridized carbons (Fsp3) is 0.588.